The molecule has 9 nitrogen and oxygen atoms in total. The number of rotatable bonds is 30. The van der Waals surface area contributed by atoms with E-state index in [0.29, 0.717) is 72.4 Å². The number of amides is 1. The Labute approximate surface area is 218 Å². The summed E-state index contributed by atoms with van der Waals surface area (Å²) >= 11 is 0. The van der Waals surface area contributed by atoms with E-state index in [2.05, 4.69) is 12.2 Å². The van der Waals surface area contributed by atoms with Crippen LogP contribution in [-0.2, 0) is 33.3 Å². The highest BCUT2D eigenvalue weighted by atomic mass is 16.6. The third-order valence-electron chi connectivity index (χ3n) is 5.48. The highest BCUT2D eigenvalue weighted by molar-refractivity contribution is 5.80. The van der Waals surface area contributed by atoms with E-state index in [9.17, 15) is 9.59 Å². The Bertz CT molecular complexity index is 479. The van der Waals surface area contributed by atoms with E-state index in [-0.39, 0.29) is 18.7 Å². The van der Waals surface area contributed by atoms with Gasteiger partial charge in [0, 0.05) is 26.2 Å². The molecular weight excluding hydrogens is 466 g/mol. The lowest BCUT2D eigenvalue weighted by Gasteiger charge is -2.08. The second-order valence-electron chi connectivity index (χ2n) is 8.84. The fourth-order valence-electron chi connectivity index (χ4n) is 3.38. The molecule has 0 aliphatic rings. The molecule has 0 aromatic heterocycles. The Morgan fingerprint density at radius 2 is 0.917 bits per heavy atom. The molecule has 9 heteroatoms. The first-order valence-electron chi connectivity index (χ1n) is 14.0. The van der Waals surface area contributed by atoms with Crippen LogP contribution in [0, 0.1) is 0 Å². The average molecular weight is 520 g/mol. The van der Waals surface area contributed by atoms with Crippen LogP contribution < -0.4 is 5.32 Å². The van der Waals surface area contributed by atoms with Crippen molar-refractivity contribution < 1.29 is 38.4 Å². The Morgan fingerprint density at radius 1 is 0.528 bits per heavy atom. The summed E-state index contributed by atoms with van der Waals surface area (Å²) in [5, 5.41) is 11.2. The zero-order valence-electron chi connectivity index (χ0n) is 22.8. The molecule has 0 aromatic rings. The van der Waals surface area contributed by atoms with E-state index in [0.717, 1.165) is 13.0 Å². The number of aliphatic carboxylic acids is 1. The standard InChI is InChI=1S/C27H53NO8/c1-2-3-4-5-6-7-8-9-10-11-16-32-18-20-34-22-24-36-25-23-35-21-19-33-17-12-15-28-26(29)13-14-27(30)31/h2-25H2,1H3,(H,28,29)(H,30,31). The molecule has 0 heterocycles. The fourth-order valence-corrected chi connectivity index (χ4v) is 3.38. The number of hydrogen-bond donors (Lipinski definition) is 2. The van der Waals surface area contributed by atoms with Gasteiger partial charge >= 0.3 is 5.97 Å². The molecule has 0 saturated heterocycles. The zero-order chi connectivity index (χ0) is 26.4. The highest BCUT2D eigenvalue weighted by Gasteiger charge is 2.04. The van der Waals surface area contributed by atoms with Crippen molar-refractivity contribution in [3.63, 3.8) is 0 Å². The van der Waals surface area contributed by atoms with E-state index < -0.39 is 5.97 Å². The van der Waals surface area contributed by atoms with Gasteiger partial charge in [-0.2, -0.15) is 0 Å². The first-order valence-corrected chi connectivity index (χ1v) is 14.0. The molecule has 0 rings (SSSR count). The molecule has 0 saturated carbocycles. The Kier molecular flexibility index (Phi) is 28.9. The summed E-state index contributed by atoms with van der Waals surface area (Å²) < 4.78 is 27.4. The van der Waals surface area contributed by atoms with Crippen LogP contribution in [0.1, 0.15) is 90.4 Å². The molecule has 0 atom stereocenters. The van der Waals surface area contributed by atoms with Crippen molar-refractivity contribution in [1.29, 1.82) is 0 Å². The molecule has 0 fully saturated rings. The van der Waals surface area contributed by atoms with Crippen molar-refractivity contribution in [2.45, 2.75) is 90.4 Å². The molecular formula is C27H53NO8. The first-order chi connectivity index (χ1) is 17.7. The maximum Gasteiger partial charge on any atom is 0.303 e. The molecule has 0 aromatic carbocycles. The predicted molar refractivity (Wildman–Crippen MR) is 140 cm³/mol. The van der Waals surface area contributed by atoms with Crippen LogP contribution in [0.4, 0.5) is 0 Å². The van der Waals surface area contributed by atoms with Crippen molar-refractivity contribution >= 4 is 11.9 Å². The van der Waals surface area contributed by atoms with Crippen LogP contribution in [-0.4, -0.2) is 89.6 Å². The first kappa shape index (κ1) is 34.7. The van der Waals surface area contributed by atoms with Crippen LogP contribution in [0.5, 0.6) is 0 Å². The van der Waals surface area contributed by atoms with E-state index in [1.54, 1.807) is 0 Å². The number of carboxylic acids is 1. The Balaban J connectivity index is 3.07. The minimum Gasteiger partial charge on any atom is -0.481 e. The fraction of sp³-hybridized carbons (Fsp3) is 0.926. The number of carbonyl (C=O) groups excluding carboxylic acids is 1. The number of carboxylic acid groups (broad SMARTS) is 1. The smallest absolute Gasteiger partial charge is 0.303 e. The highest BCUT2D eigenvalue weighted by Crippen LogP contribution is 2.10. The largest absolute Gasteiger partial charge is 0.481 e. The topological polar surface area (TPSA) is 113 Å². The second-order valence-corrected chi connectivity index (χ2v) is 8.84. The van der Waals surface area contributed by atoms with Gasteiger partial charge in [-0.1, -0.05) is 64.7 Å². The van der Waals surface area contributed by atoms with Gasteiger partial charge in [0.05, 0.1) is 59.3 Å². The molecule has 0 bridgehead atoms. The number of ether oxygens (including phenoxy) is 5. The number of hydrogen-bond acceptors (Lipinski definition) is 7. The van der Waals surface area contributed by atoms with E-state index in [4.69, 9.17) is 28.8 Å². The van der Waals surface area contributed by atoms with Gasteiger partial charge in [0.2, 0.25) is 5.91 Å². The Morgan fingerprint density at radius 3 is 1.36 bits per heavy atom. The SMILES string of the molecule is CCCCCCCCCCCCOCCOCCOCCOCCOCCCNC(=O)CCC(=O)O. The number of nitrogens with one attached hydrogen (secondary N) is 1. The summed E-state index contributed by atoms with van der Waals surface area (Å²) in [7, 11) is 0. The number of carbonyl (C=O) groups is 2. The summed E-state index contributed by atoms with van der Waals surface area (Å²) in [5.41, 5.74) is 0. The minimum absolute atomic E-state index is 0.00607. The summed E-state index contributed by atoms with van der Waals surface area (Å²) in [6.07, 6.45) is 13.9. The summed E-state index contributed by atoms with van der Waals surface area (Å²) in [6.45, 7) is 8.38. The van der Waals surface area contributed by atoms with Crippen LogP contribution in [0.3, 0.4) is 0 Å². The van der Waals surface area contributed by atoms with Gasteiger partial charge in [0.15, 0.2) is 0 Å². The van der Waals surface area contributed by atoms with Crippen LogP contribution in [0.25, 0.3) is 0 Å². The van der Waals surface area contributed by atoms with Crippen molar-refractivity contribution in [1.82, 2.24) is 5.32 Å². The molecule has 2 N–H and O–H groups in total. The predicted octanol–water partition coefficient (Wildman–Crippen LogP) is 4.36. The van der Waals surface area contributed by atoms with Gasteiger partial charge in [-0.05, 0) is 12.8 Å². The normalized spacial score (nSPS) is 11.1. The van der Waals surface area contributed by atoms with Crippen molar-refractivity contribution in [2.75, 3.05) is 72.6 Å². The van der Waals surface area contributed by atoms with Gasteiger partial charge < -0.3 is 34.1 Å². The lowest BCUT2D eigenvalue weighted by atomic mass is 10.1. The molecule has 0 unspecified atom stereocenters. The average Bonchev–Trinajstić information content (AvgIpc) is 2.87. The maximum absolute atomic E-state index is 11.3. The summed E-state index contributed by atoms with van der Waals surface area (Å²) in [6, 6.07) is 0. The van der Waals surface area contributed by atoms with E-state index in [1.165, 1.54) is 57.8 Å². The zero-order valence-corrected chi connectivity index (χ0v) is 22.8. The summed E-state index contributed by atoms with van der Waals surface area (Å²) in [4.78, 5) is 21.7. The minimum atomic E-state index is -0.970. The van der Waals surface area contributed by atoms with Gasteiger partial charge in [0.1, 0.15) is 0 Å². The van der Waals surface area contributed by atoms with E-state index >= 15 is 0 Å². The molecule has 0 aliphatic carbocycles. The molecule has 0 radical (unpaired) electrons. The van der Waals surface area contributed by atoms with Gasteiger partial charge in [-0.3, -0.25) is 9.59 Å². The van der Waals surface area contributed by atoms with Crippen molar-refractivity contribution in [2.24, 2.45) is 0 Å². The molecule has 1 amide bonds. The van der Waals surface area contributed by atoms with Crippen LogP contribution in [0.15, 0.2) is 0 Å². The van der Waals surface area contributed by atoms with Gasteiger partial charge in [0.25, 0.3) is 0 Å². The molecule has 214 valence electrons. The number of unbranched alkanes of at least 4 members (excludes halogenated alkanes) is 9. The van der Waals surface area contributed by atoms with E-state index in [1.807, 2.05) is 0 Å². The lowest BCUT2D eigenvalue weighted by molar-refractivity contribution is -0.138. The third kappa shape index (κ3) is 30.8. The maximum atomic E-state index is 11.3. The van der Waals surface area contributed by atoms with Crippen LogP contribution in [0.2, 0.25) is 0 Å². The summed E-state index contributed by atoms with van der Waals surface area (Å²) in [5.74, 6) is -1.22. The Hall–Kier alpha value is -1.26. The molecule has 36 heavy (non-hydrogen) atoms. The third-order valence-corrected chi connectivity index (χ3v) is 5.48. The second kappa shape index (κ2) is 30.0. The van der Waals surface area contributed by atoms with Crippen LogP contribution >= 0.6 is 0 Å². The molecule has 0 aliphatic heterocycles. The molecule has 0 spiro atoms. The van der Waals surface area contributed by atoms with Gasteiger partial charge in [-0.25, -0.2) is 0 Å². The van der Waals surface area contributed by atoms with Gasteiger partial charge in [-0.15, -0.1) is 0 Å². The quantitative estimate of drug-likeness (QED) is 0.135. The van der Waals surface area contributed by atoms with Crippen molar-refractivity contribution in [3.05, 3.63) is 0 Å². The lowest BCUT2D eigenvalue weighted by Crippen LogP contribution is -2.25. The van der Waals surface area contributed by atoms with Crippen molar-refractivity contribution in [3.8, 4) is 0 Å². The monoisotopic (exact) mass is 519 g/mol.